The monoisotopic (exact) mass is 393 g/mol. The molecule has 2 amide bonds. The summed E-state index contributed by atoms with van der Waals surface area (Å²) in [5, 5.41) is 0. The molecule has 2 N–H and O–H groups in total. The number of nitrogens with two attached hydrogens (primary N) is 1. The van der Waals surface area contributed by atoms with Gasteiger partial charge in [-0.3, -0.25) is 9.59 Å². The van der Waals surface area contributed by atoms with Crippen molar-refractivity contribution in [3.63, 3.8) is 0 Å². The van der Waals surface area contributed by atoms with Crippen molar-refractivity contribution in [3.8, 4) is 11.5 Å². The topological polar surface area (TPSA) is 85.1 Å². The third kappa shape index (κ3) is 1.67. The largest absolute Gasteiger partial charge is 0.468 e. The van der Waals surface area contributed by atoms with Crippen LogP contribution in [0.1, 0.15) is 46.4 Å². The first-order valence-corrected chi connectivity index (χ1v) is 8.97. The molecule has 0 bridgehead atoms. The minimum atomic E-state index is -0.295. The van der Waals surface area contributed by atoms with Crippen LogP contribution in [-0.4, -0.2) is 47.2 Å². The van der Waals surface area contributed by atoms with Gasteiger partial charge >= 0.3 is 0 Å². The summed E-state index contributed by atoms with van der Waals surface area (Å²) < 4.78 is 12.5. The first kappa shape index (κ1) is 14.4. The van der Waals surface area contributed by atoms with Gasteiger partial charge in [0.15, 0.2) is 24.0 Å². The van der Waals surface area contributed by atoms with E-state index in [9.17, 15) is 9.59 Å². The molecular formula is C16H16BrN3O4. The van der Waals surface area contributed by atoms with Gasteiger partial charge in [0.25, 0.3) is 11.8 Å². The van der Waals surface area contributed by atoms with Crippen LogP contribution >= 0.6 is 15.9 Å². The Balaban J connectivity index is 1.73. The van der Waals surface area contributed by atoms with Crippen LogP contribution in [0.2, 0.25) is 0 Å². The molecule has 7 nitrogen and oxygen atoms in total. The van der Waals surface area contributed by atoms with Crippen LogP contribution in [0.5, 0.6) is 11.5 Å². The van der Waals surface area contributed by atoms with Crippen molar-refractivity contribution in [3.05, 3.63) is 15.6 Å². The molecule has 2 atom stereocenters. The smallest absolute Gasteiger partial charge is 0.262 e. The normalized spacial score (nSPS) is 27.2. The number of hydrogen-bond donors (Lipinski definition) is 1. The van der Waals surface area contributed by atoms with Gasteiger partial charge in [-0.15, -0.1) is 0 Å². The van der Waals surface area contributed by atoms with Gasteiger partial charge in [0, 0.05) is 25.9 Å². The van der Waals surface area contributed by atoms with E-state index in [-0.39, 0.29) is 30.0 Å². The van der Waals surface area contributed by atoms with Crippen LogP contribution in [0.25, 0.3) is 0 Å². The highest BCUT2D eigenvalue weighted by molar-refractivity contribution is 9.10. The SMILES string of the molecule is Nc1c2c(c(Br)c3c1C(=O)N1CCCC1O3)C(=O)N1CCCC1O2. The molecular weight excluding hydrogens is 378 g/mol. The quantitative estimate of drug-likeness (QED) is 0.680. The molecule has 0 spiro atoms. The van der Waals surface area contributed by atoms with Gasteiger partial charge in [-0.25, -0.2) is 0 Å². The lowest BCUT2D eigenvalue weighted by Crippen LogP contribution is -2.46. The lowest BCUT2D eigenvalue weighted by Gasteiger charge is -2.37. The molecule has 4 aliphatic rings. The van der Waals surface area contributed by atoms with E-state index in [1.54, 1.807) is 9.80 Å². The summed E-state index contributed by atoms with van der Waals surface area (Å²) >= 11 is 3.47. The van der Waals surface area contributed by atoms with Gasteiger partial charge in [0.1, 0.15) is 11.1 Å². The third-order valence-electron chi connectivity index (χ3n) is 5.24. The minimum absolute atomic E-state index is 0.120. The highest BCUT2D eigenvalue weighted by atomic mass is 79.9. The van der Waals surface area contributed by atoms with Crippen LogP contribution in [0.3, 0.4) is 0 Å². The molecule has 0 aromatic heterocycles. The summed E-state index contributed by atoms with van der Waals surface area (Å²) in [6.07, 6.45) is 2.78. The predicted octanol–water partition coefficient (Wildman–Crippen LogP) is 1.94. The second kappa shape index (κ2) is 4.78. The lowest BCUT2D eigenvalue weighted by atomic mass is 10.0. The van der Waals surface area contributed by atoms with Crippen LogP contribution in [0.15, 0.2) is 4.47 Å². The highest BCUT2D eigenvalue weighted by Gasteiger charge is 2.46. The van der Waals surface area contributed by atoms with E-state index in [2.05, 4.69) is 15.9 Å². The zero-order chi connectivity index (χ0) is 16.6. The average Bonchev–Trinajstić information content (AvgIpc) is 3.21. The van der Waals surface area contributed by atoms with Crippen LogP contribution in [0, 0.1) is 0 Å². The number of rotatable bonds is 0. The molecule has 4 heterocycles. The zero-order valence-electron chi connectivity index (χ0n) is 12.9. The van der Waals surface area contributed by atoms with Crippen molar-refractivity contribution in [2.45, 2.75) is 38.1 Å². The standard InChI is InChI=1S/C16H16BrN3O4/c17-11-9-14(24-8-4-2-5-19(8)15(9)21)12(18)10-13(11)23-7-3-1-6-20(7)16(10)22/h7-8H,1-6,18H2. The van der Waals surface area contributed by atoms with Gasteiger partial charge in [0.2, 0.25) is 0 Å². The number of amides is 2. The number of fused-ring (bicyclic) bond motifs is 4. The molecule has 0 radical (unpaired) electrons. The molecule has 5 rings (SSSR count). The van der Waals surface area contributed by atoms with Gasteiger partial charge in [0.05, 0.1) is 10.2 Å². The second-order valence-electron chi connectivity index (χ2n) is 6.56. The van der Waals surface area contributed by atoms with Crippen molar-refractivity contribution in [2.75, 3.05) is 18.8 Å². The number of hydrogen-bond acceptors (Lipinski definition) is 5. The Labute approximate surface area is 146 Å². The number of nitrogen functional groups attached to an aromatic ring is 1. The molecule has 1 aromatic rings. The van der Waals surface area contributed by atoms with Crippen molar-refractivity contribution in [2.24, 2.45) is 0 Å². The molecule has 8 heteroatoms. The Hall–Kier alpha value is -1.96. The Bertz CT molecular complexity index is 731. The van der Waals surface area contributed by atoms with Gasteiger partial charge in [-0.2, -0.15) is 0 Å². The molecule has 1 aromatic carbocycles. The number of nitrogens with zero attached hydrogens (tertiary/aromatic N) is 2. The molecule has 2 unspecified atom stereocenters. The maximum atomic E-state index is 12.9. The summed E-state index contributed by atoms with van der Waals surface area (Å²) in [5.74, 6) is 0.409. The van der Waals surface area contributed by atoms with E-state index in [1.165, 1.54) is 0 Å². The number of benzene rings is 1. The molecule has 126 valence electrons. The summed E-state index contributed by atoms with van der Waals surface area (Å²) in [6.45, 7) is 1.33. The van der Waals surface area contributed by atoms with Crippen molar-refractivity contribution < 1.29 is 19.1 Å². The van der Waals surface area contributed by atoms with E-state index < -0.39 is 0 Å². The number of halogens is 1. The summed E-state index contributed by atoms with van der Waals surface area (Å²) in [4.78, 5) is 29.1. The van der Waals surface area contributed by atoms with Crippen molar-refractivity contribution in [1.29, 1.82) is 0 Å². The average molecular weight is 394 g/mol. The molecule has 24 heavy (non-hydrogen) atoms. The molecule has 2 fully saturated rings. The molecule has 0 aliphatic carbocycles. The van der Waals surface area contributed by atoms with E-state index in [4.69, 9.17) is 15.2 Å². The van der Waals surface area contributed by atoms with Crippen molar-refractivity contribution in [1.82, 2.24) is 9.80 Å². The van der Waals surface area contributed by atoms with E-state index in [0.717, 1.165) is 25.7 Å². The number of carbonyl (C=O) groups excluding carboxylic acids is 2. The number of anilines is 1. The maximum Gasteiger partial charge on any atom is 0.262 e. The molecule has 0 saturated carbocycles. The van der Waals surface area contributed by atoms with E-state index >= 15 is 0 Å². The Morgan fingerprint density at radius 3 is 2.08 bits per heavy atom. The van der Waals surface area contributed by atoms with Crippen LogP contribution in [0.4, 0.5) is 5.69 Å². The van der Waals surface area contributed by atoms with Gasteiger partial charge < -0.3 is 25.0 Å². The maximum absolute atomic E-state index is 12.9. The highest BCUT2D eigenvalue weighted by Crippen LogP contribution is 2.50. The van der Waals surface area contributed by atoms with Crippen molar-refractivity contribution >= 4 is 33.4 Å². The predicted molar refractivity (Wildman–Crippen MR) is 87.9 cm³/mol. The summed E-state index contributed by atoms with van der Waals surface area (Å²) in [5.41, 5.74) is 7.14. The number of carbonyl (C=O) groups is 2. The Kier molecular flexibility index (Phi) is 2.87. The molecule has 4 aliphatic heterocycles. The molecule has 2 saturated heterocycles. The minimum Gasteiger partial charge on any atom is -0.468 e. The first-order valence-electron chi connectivity index (χ1n) is 8.18. The zero-order valence-corrected chi connectivity index (χ0v) is 14.5. The Morgan fingerprint density at radius 2 is 1.46 bits per heavy atom. The van der Waals surface area contributed by atoms with E-state index in [1.807, 2.05) is 0 Å². The fraction of sp³-hybridized carbons (Fsp3) is 0.500. The third-order valence-corrected chi connectivity index (χ3v) is 6.00. The summed E-state index contributed by atoms with van der Waals surface area (Å²) in [7, 11) is 0. The number of ether oxygens (including phenoxy) is 2. The Morgan fingerprint density at radius 1 is 0.917 bits per heavy atom. The fourth-order valence-corrected chi connectivity index (χ4v) is 4.71. The fourth-order valence-electron chi connectivity index (χ4n) is 4.07. The van der Waals surface area contributed by atoms with Crippen LogP contribution in [-0.2, 0) is 0 Å². The van der Waals surface area contributed by atoms with E-state index in [0.29, 0.717) is 40.2 Å². The van der Waals surface area contributed by atoms with Gasteiger partial charge in [-0.05, 0) is 28.8 Å². The lowest BCUT2D eigenvalue weighted by molar-refractivity contribution is 0.0237. The second-order valence-corrected chi connectivity index (χ2v) is 7.36. The van der Waals surface area contributed by atoms with Gasteiger partial charge in [-0.1, -0.05) is 0 Å². The first-order chi connectivity index (χ1) is 11.6. The summed E-state index contributed by atoms with van der Waals surface area (Å²) in [6, 6.07) is 0. The van der Waals surface area contributed by atoms with Crippen LogP contribution < -0.4 is 15.2 Å².